The van der Waals surface area contributed by atoms with Gasteiger partial charge in [-0.05, 0) is 48.6 Å². The number of benzene rings is 1. The number of amides is 1. The van der Waals surface area contributed by atoms with E-state index in [1.54, 1.807) is 0 Å². The zero-order chi connectivity index (χ0) is 15.4. The third kappa shape index (κ3) is 2.43. The van der Waals surface area contributed by atoms with Crippen molar-refractivity contribution in [3.63, 3.8) is 0 Å². The number of nitrogens with zero attached hydrogens (tertiary/aromatic N) is 1. The lowest BCUT2D eigenvalue weighted by Gasteiger charge is -2.39. The Balaban J connectivity index is 1.94. The molecule has 2 bridgehead atoms. The molecule has 2 fully saturated rings. The highest BCUT2D eigenvalue weighted by Gasteiger charge is 2.51. The first kappa shape index (κ1) is 14.4. The second-order valence-electron chi connectivity index (χ2n) is 8.19. The minimum atomic E-state index is 0.122. The molecule has 2 aliphatic rings. The van der Waals surface area contributed by atoms with Crippen LogP contribution in [0.1, 0.15) is 56.0 Å². The van der Waals surface area contributed by atoms with Crippen LogP contribution in [0, 0.1) is 17.8 Å². The zero-order valence-corrected chi connectivity index (χ0v) is 13.6. The largest absolute Gasteiger partial charge is 0.398 e. The lowest BCUT2D eigenvalue weighted by molar-refractivity contribution is 0.0708. The number of aryl methyl sites for hydroxylation is 1. The molecule has 1 aliphatic carbocycles. The number of fused-ring (bicyclic) bond motifs is 2. The van der Waals surface area contributed by atoms with Crippen LogP contribution in [0.5, 0.6) is 0 Å². The van der Waals surface area contributed by atoms with E-state index < -0.39 is 0 Å². The van der Waals surface area contributed by atoms with Crippen LogP contribution in [0.15, 0.2) is 18.2 Å². The normalized spacial score (nSPS) is 30.5. The Morgan fingerprint density at radius 1 is 1.29 bits per heavy atom. The molecule has 1 amide bonds. The molecule has 21 heavy (non-hydrogen) atoms. The van der Waals surface area contributed by atoms with Gasteiger partial charge >= 0.3 is 0 Å². The summed E-state index contributed by atoms with van der Waals surface area (Å²) in [5.74, 6) is 0.122. The standard InChI is InChI=1S/C18H26N2O/c1-12-6-5-7-14(19)15(12)16(21)20-11-18(4)9-13(20)8-17(2,3)10-18/h5-7,13H,8-11,19H2,1-4H3. The molecule has 0 radical (unpaired) electrons. The van der Waals surface area contributed by atoms with Gasteiger partial charge < -0.3 is 10.6 Å². The third-order valence-corrected chi connectivity index (χ3v) is 5.19. The molecular formula is C18H26N2O. The molecule has 2 unspecified atom stereocenters. The molecule has 0 aromatic heterocycles. The molecule has 2 atom stereocenters. The van der Waals surface area contributed by atoms with Gasteiger partial charge in [-0.25, -0.2) is 0 Å². The van der Waals surface area contributed by atoms with Crippen molar-refractivity contribution in [3.8, 4) is 0 Å². The van der Waals surface area contributed by atoms with Crippen LogP contribution in [-0.2, 0) is 0 Å². The van der Waals surface area contributed by atoms with Crippen molar-refractivity contribution >= 4 is 11.6 Å². The second-order valence-corrected chi connectivity index (χ2v) is 8.19. The van der Waals surface area contributed by atoms with Crippen molar-refractivity contribution < 1.29 is 4.79 Å². The molecule has 1 aromatic rings. The van der Waals surface area contributed by atoms with Gasteiger partial charge in [0.2, 0.25) is 0 Å². The van der Waals surface area contributed by atoms with E-state index in [1.165, 1.54) is 6.42 Å². The number of rotatable bonds is 1. The fourth-order valence-corrected chi connectivity index (χ4v) is 4.82. The first-order valence-electron chi connectivity index (χ1n) is 7.87. The zero-order valence-electron chi connectivity index (χ0n) is 13.6. The number of anilines is 1. The smallest absolute Gasteiger partial charge is 0.256 e. The van der Waals surface area contributed by atoms with E-state index in [0.717, 1.165) is 24.9 Å². The van der Waals surface area contributed by atoms with Crippen LogP contribution in [0.3, 0.4) is 0 Å². The summed E-state index contributed by atoms with van der Waals surface area (Å²) in [5, 5.41) is 0. The Morgan fingerprint density at radius 2 is 2.00 bits per heavy atom. The summed E-state index contributed by atoms with van der Waals surface area (Å²) >= 11 is 0. The highest BCUT2D eigenvalue weighted by Crippen LogP contribution is 2.52. The Labute approximate surface area is 127 Å². The van der Waals surface area contributed by atoms with Crippen LogP contribution < -0.4 is 5.73 Å². The van der Waals surface area contributed by atoms with Crippen molar-refractivity contribution in [2.45, 2.75) is 53.0 Å². The van der Waals surface area contributed by atoms with Crippen LogP contribution in [-0.4, -0.2) is 23.4 Å². The number of nitrogens with two attached hydrogens (primary N) is 1. The van der Waals surface area contributed by atoms with E-state index in [-0.39, 0.29) is 11.3 Å². The van der Waals surface area contributed by atoms with Crippen molar-refractivity contribution in [3.05, 3.63) is 29.3 Å². The SMILES string of the molecule is Cc1cccc(N)c1C(=O)N1CC2(C)CC1CC(C)(C)C2. The molecule has 2 N–H and O–H groups in total. The Kier molecular flexibility index (Phi) is 3.09. The maximum atomic E-state index is 13.0. The highest BCUT2D eigenvalue weighted by atomic mass is 16.2. The van der Waals surface area contributed by atoms with Gasteiger partial charge in [0.05, 0.1) is 5.56 Å². The average molecular weight is 286 g/mol. The fourth-order valence-electron chi connectivity index (χ4n) is 4.82. The molecule has 3 heteroatoms. The second kappa shape index (κ2) is 4.49. The van der Waals surface area contributed by atoms with E-state index in [4.69, 9.17) is 5.73 Å². The van der Waals surface area contributed by atoms with Crippen LogP contribution in [0.2, 0.25) is 0 Å². The van der Waals surface area contributed by atoms with Gasteiger partial charge in [-0.15, -0.1) is 0 Å². The van der Waals surface area contributed by atoms with Crippen LogP contribution >= 0.6 is 0 Å². The van der Waals surface area contributed by atoms with Crippen molar-refractivity contribution in [2.24, 2.45) is 10.8 Å². The summed E-state index contributed by atoms with van der Waals surface area (Å²) < 4.78 is 0. The van der Waals surface area contributed by atoms with Gasteiger partial charge in [-0.1, -0.05) is 32.9 Å². The average Bonchev–Trinajstić information content (AvgIpc) is 2.58. The van der Waals surface area contributed by atoms with E-state index in [1.807, 2.05) is 25.1 Å². The number of hydrogen-bond acceptors (Lipinski definition) is 2. The predicted octanol–water partition coefficient (Wildman–Crippen LogP) is 3.62. The predicted molar refractivity (Wildman–Crippen MR) is 86.2 cm³/mol. The first-order chi connectivity index (χ1) is 9.71. The highest BCUT2D eigenvalue weighted by molar-refractivity contribution is 6.01. The lowest BCUT2D eigenvalue weighted by Crippen LogP contribution is -2.38. The molecular weight excluding hydrogens is 260 g/mol. The third-order valence-electron chi connectivity index (χ3n) is 5.19. The maximum absolute atomic E-state index is 13.0. The van der Waals surface area contributed by atoms with Gasteiger partial charge in [-0.3, -0.25) is 4.79 Å². The van der Waals surface area contributed by atoms with Gasteiger partial charge in [0.25, 0.3) is 5.91 Å². The molecule has 1 heterocycles. The summed E-state index contributed by atoms with van der Waals surface area (Å²) in [6, 6.07) is 6.07. The van der Waals surface area contributed by atoms with E-state index in [9.17, 15) is 4.79 Å². The van der Waals surface area contributed by atoms with Gasteiger partial charge in [0.1, 0.15) is 0 Å². The van der Waals surface area contributed by atoms with Crippen molar-refractivity contribution in [1.29, 1.82) is 0 Å². The molecule has 0 spiro atoms. The maximum Gasteiger partial charge on any atom is 0.256 e. The van der Waals surface area contributed by atoms with E-state index >= 15 is 0 Å². The molecule has 114 valence electrons. The van der Waals surface area contributed by atoms with E-state index in [0.29, 0.717) is 22.7 Å². The number of carbonyl (C=O) groups excluding carboxylic acids is 1. The van der Waals surface area contributed by atoms with Gasteiger partial charge in [0, 0.05) is 18.3 Å². The Hall–Kier alpha value is -1.51. The molecule has 3 nitrogen and oxygen atoms in total. The molecule has 1 saturated heterocycles. The summed E-state index contributed by atoms with van der Waals surface area (Å²) in [7, 11) is 0. The van der Waals surface area contributed by atoms with Gasteiger partial charge in [-0.2, -0.15) is 0 Å². The van der Waals surface area contributed by atoms with Crippen molar-refractivity contribution in [2.75, 3.05) is 12.3 Å². The first-order valence-corrected chi connectivity index (χ1v) is 7.87. The summed E-state index contributed by atoms with van der Waals surface area (Å²) in [4.78, 5) is 15.1. The topological polar surface area (TPSA) is 46.3 Å². The molecule has 3 rings (SSSR count). The summed E-state index contributed by atoms with van der Waals surface area (Å²) in [6.07, 6.45) is 3.43. The molecule has 1 saturated carbocycles. The molecule has 1 aromatic carbocycles. The minimum absolute atomic E-state index is 0.122. The number of likely N-dealkylation sites (tertiary alicyclic amines) is 1. The lowest BCUT2D eigenvalue weighted by atomic mass is 9.65. The number of carbonyl (C=O) groups is 1. The number of nitrogen functional groups attached to an aromatic ring is 1. The van der Waals surface area contributed by atoms with Gasteiger partial charge in [0.15, 0.2) is 0 Å². The van der Waals surface area contributed by atoms with Crippen LogP contribution in [0.4, 0.5) is 5.69 Å². The summed E-state index contributed by atoms with van der Waals surface area (Å²) in [6.45, 7) is 9.82. The fraction of sp³-hybridized carbons (Fsp3) is 0.611. The quantitative estimate of drug-likeness (QED) is 0.801. The summed E-state index contributed by atoms with van der Waals surface area (Å²) in [5.41, 5.74) is 8.93. The van der Waals surface area contributed by atoms with E-state index in [2.05, 4.69) is 25.7 Å². The van der Waals surface area contributed by atoms with Crippen LogP contribution in [0.25, 0.3) is 0 Å². The number of hydrogen-bond donors (Lipinski definition) is 1. The minimum Gasteiger partial charge on any atom is -0.398 e. The molecule has 1 aliphatic heterocycles. The van der Waals surface area contributed by atoms with Crippen molar-refractivity contribution in [1.82, 2.24) is 4.90 Å². The Morgan fingerprint density at radius 3 is 2.67 bits per heavy atom. The Bertz CT molecular complexity index is 573. The monoisotopic (exact) mass is 286 g/mol.